The van der Waals surface area contributed by atoms with Crippen molar-refractivity contribution < 1.29 is 4.79 Å². The van der Waals surface area contributed by atoms with Gasteiger partial charge in [0.1, 0.15) is 0 Å². The second kappa shape index (κ2) is 7.91. The van der Waals surface area contributed by atoms with E-state index in [9.17, 15) is 4.79 Å². The van der Waals surface area contributed by atoms with Gasteiger partial charge in [0.15, 0.2) is 0 Å². The zero-order valence-corrected chi connectivity index (χ0v) is 11.8. The van der Waals surface area contributed by atoms with Crippen molar-refractivity contribution in [2.75, 3.05) is 0 Å². The van der Waals surface area contributed by atoms with Crippen LogP contribution in [0.2, 0.25) is 0 Å². The summed E-state index contributed by atoms with van der Waals surface area (Å²) in [6, 6.07) is 10.4. The second-order valence-corrected chi connectivity index (χ2v) is 4.77. The van der Waals surface area contributed by atoms with Gasteiger partial charge in [-0.15, -0.1) is 0 Å². The lowest BCUT2D eigenvalue weighted by Gasteiger charge is -2.21. The van der Waals surface area contributed by atoms with Gasteiger partial charge in [-0.3, -0.25) is 4.79 Å². The Balaban J connectivity index is 2.76. The van der Waals surface area contributed by atoms with Crippen LogP contribution in [0.25, 0.3) is 0 Å². The van der Waals surface area contributed by atoms with Crippen molar-refractivity contribution in [3.63, 3.8) is 0 Å². The summed E-state index contributed by atoms with van der Waals surface area (Å²) < 4.78 is 0. The zero-order chi connectivity index (χ0) is 13.4. The average molecular weight is 247 g/mol. The highest BCUT2D eigenvalue weighted by Gasteiger charge is 2.20. The summed E-state index contributed by atoms with van der Waals surface area (Å²) in [5, 5.41) is 3.16. The Hall–Kier alpha value is -1.31. The molecule has 1 rings (SSSR count). The maximum Gasteiger partial charge on any atom is 0.227 e. The third-order valence-electron chi connectivity index (χ3n) is 3.43. The largest absolute Gasteiger partial charge is 0.353 e. The molecule has 1 aromatic carbocycles. The number of rotatable bonds is 7. The van der Waals surface area contributed by atoms with Crippen molar-refractivity contribution in [3.05, 3.63) is 35.9 Å². The standard InChI is InChI=1S/C16H25NO/c1-4-10-15(13-11-8-7-9-12-13)16(18)17-14(5-2)6-3/h7-9,11-12,14-15H,4-6,10H2,1-3H3,(H,17,18). The number of nitrogens with one attached hydrogen (secondary N) is 1. The minimum atomic E-state index is -0.00296. The first-order valence-corrected chi connectivity index (χ1v) is 7.08. The third-order valence-corrected chi connectivity index (χ3v) is 3.43. The molecular formula is C16H25NO. The molecule has 0 aliphatic carbocycles. The summed E-state index contributed by atoms with van der Waals surface area (Å²) >= 11 is 0. The molecule has 0 fully saturated rings. The smallest absolute Gasteiger partial charge is 0.227 e. The maximum absolute atomic E-state index is 12.4. The molecule has 0 aliphatic heterocycles. The first-order valence-electron chi connectivity index (χ1n) is 7.08. The van der Waals surface area contributed by atoms with Crippen LogP contribution in [-0.2, 0) is 4.79 Å². The van der Waals surface area contributed by atoms with Gasteiger partial charge < -0.3 is 5.32 Å². The molecular weight excluding hydrogens is 222 g/mol. The molecule has 1 atom stereocenters. The fourth-order valence-electron chi connectivity index (χ4n) is 2.22. The summed E-state index contributed by atoms with van der Waals surface area (Å²) in [5.74, 6) is 0.175. The molecule has 1 N–H and O–H groups in total. The molecule has 100 valence electrons. The van der Waals surface area contributed by atoms with Crippen LogP contribution in [0.4, 0.5) is 0 Å². The Morgan fingerprint density at radius 2 is 1.72 bits per heavy atom. The molecule has 0 spiro atoms. The van der Waals surface area contributed by atoms with Crippen molar-refractivity contribution in [1.29, 1.82) is 0 Å². The van der Waals surface area contributed by atoms with Crippen LogP contribution in [0.1, 0.15) is 57.9 Å². The van der Waals surface area contributed by atoms with Crippen LogP contribution < -0.4 is 5.32 Å². The van der Waals surface area contributed by atoms with E-state index in [1.54, 1.807) is 0 Å². The van der Waals surface area contributed by atoms with E-state index < -0.39 is 0 Å². The number of carbonyl (C=O) groups is 1. The van der Waals surface area contributed by atoms with Crippen molar-refractivity contribution >= 4 is 5.91 Å². The van der Waals surface area contributed by atoms with Crippen LogP contribution in [0, 0.1) is 0 Å². The highest BCUT2D eigenvalue weighted by Crippen LogP contribution is 2.21. The van der Waals surface area contributed by atoms with E-state index in [0.29, 0.717) is 6.04 Å². The van der Waals surface area contributed by atoms with Crippen molar-refractivity contribution in [3.8, 4) is 0 Å². The molecule has 0 saturated heterocycles. The van der Waals surface area contributed by atoms with Gasteiger partial charge in [0, 0.05) is 6.04 Å². The summed E-state index contributed by atoms with van der Waals surface area (Å²) in [6.07, 6.45) is 3.93. The monoisotopic (exact) mass is 247 g/mol. The molecule has 0 bridgehead atoms. The predicted molar refractivity (Wildman–Crippen MR) is 76.6 cm³/mol. The van der Waals surface area contributed by atoms with Gasteiger partial charge in [-0.2, -0.15) is 0 Å². The summed E-state index contributed by atoms with van der Waals surface area (Å²) in [5.41, 5.74) is 1.13. The van der Waals surface area contributed by atoms with Crippen molar-refractivity contribution in [2.24, 2.45) is 0 Å². The van der Waals surface area contributed by atoms with Gasteiger partial charge in [0.2, 0.25) is 5.91 Å². The summed E-state index contributed by atoms with van der Waals surface area (Å²) in [6.45, 7) is 6.36. The molecule has 0 heterocycles. The van der Waals surface area contributed by atoms with E-state index in [1.807, 2.05) is 30.3 Å². The van der Waals surface area contributed by atoms with Gasteiger partial charge in [-0.1, -0.05) is 57.5 Å². The van der Waals surface area contributed by atoms with Crippen molar-refractivity contribution in [2.45, 2.75) is 58.4 Å². The number of amides is 1. The van der Waals surface area contributed by atoms with E-state index in [4.69, 9.17) is 0 Å². The lowest BCUT2D eigenvalue weighted by molar-refractivity contribution is -0.123. The first kappa shape index (κ1) is 14.7. The number of benzene rings is 1. The van der Waals surface area contributed by atoms with Gasteiger partial charge in [-0.05, 0) is 24.8 Å². The molecule has 2 nitrogen and oxygen atoms in total. The van der Waals surface area contributed by atoms with E-state index in [1.165, 1.54) is 0 Å². The highest BCUT2D eigenvalue weighted by molar-refractivity contribution is 5.83. The van der Waals surface area contributed by atoms with Crippen LogP contribution >= 0.6 is 0 Å². The van der Waals surface area contributed by atoms with Crippen LogP contribution in [0.3, 0.4) is 0 Å². The number of hydrogen-bond donors (Lipinski definition) is 1. The fraction of sp³-hybridized carbons (Fsp3) is 0.562. The van der Waals surface area contributed by atoms with Gasteiger partial charge in [0.25, 0.3) is 0 Å². The normalized spacial score (nSPS) is 12.4. The van der Waals surface area contributed by atoms with Crippen LogP contribution in [0.5, 0.6) is 0 Å². The molecule has 0 aromatic heterocycles. The molecule has 2 heteroatoms. The zero-order valence-electron chi connectivity index (χ0n) is 11.8. The van der Waals surface area contributed by atoms with Gasteiger partial charge in [0.05, 0.1) is 5.92 Å². The minimum Gasteiger partial charge on any atom is -0.353 e. The fourth-order valence-corrected chi connectivity index (χ4v) is 2.22. The minimum absolute atomic E-state index is 0.00296. The van der Waals surface area contributed by atoms with Gasteiger partial charge in [-0.25, -0.2) is 0 Å². The van der Waals surface area contributed by atoms with E-state index in [-0.39, 0.29) is 11.8 Å². The Morgan fingerprint density at radius 1 is 1.11 bits per heavy atom. The molecule has 1 amide bonds. The average Bonchev–Trinajstić information content (AvgIpc) is 2.42. The first-order chi connectivity index (χ1) is 8.72. The molecule has 0 aliphatic rings. The molecule has 0 saturated carbocycles. The Morgan fingerprint density at radius 3 is 2.22 bits per heavy atom. The molecule has 1 aromatic rings. The second-order valence-electron chi connectivity index (χ2n) is 4.77. The van der Waals surface area contributed by atoms with E-state index >= 15 is 0 Å². The molecule has 1 unspecified atom stereocenters. The lowest BCUT2D eigenvalue weighted by Crippen LogP contribution is -2.37. The molecule has 0 radical (unpaired) electrons. The topological polar surface area (TPSA) is 29.1 Å². The Bertz CT molecular complexity index is 343. The van der Waals surface area contributed by atoms with Crippen LogP contribution in [0.15, 0.2) is 30.3 Å². The van der Waals surface area contributed by atoms with E-state index in [2.05, 4.69) is 26.1 Å². The SMILES string of the molecule is CCCC(C(=O)NC(CC)CC)c1ccccc1. The summed E-state index contributed by atoms with van der Waals surface area (Å²) in [7, 11) is 0. The van der Waals surface area contributed by atoms with Gasteiger partial charge >= 0.3 is 0 Å². The van der Waals surface area contributed by atoms with Crippen LogP contribution in [-0.4, -0.2) is 11.9 Å². The number of hydrogen-bond acceptors (Lipinski definition) is 1. The van der Waals surface area contributed by atoms with E-state index in [0.717, 1.165) is 31.2 Å². The van der Waals surface area contributed by atoms with Crippen molar-refractivity contribution in [1.82, 2.24) is 5.32 Å². The lowest BCUT2D eigenvalue weighted by atomic mass is 9.93. The Kier molecular flexibility index (Phi) is 6.48. The Labute approximate surface area is 111 Å². The highest BCUT2D eigenvalue weighted by atomic mass is 16.1. The third kappa shape index (κ3) is 4.17. The maximum atomic E-state index is 12.4. The summed E-state index contributed by atoms with van der Waals surface area (Å²) in [4.78, 5) is 12.4. The molecule has 18 heavy (non-hydrogen) atoms. The quantitative estimate of drug-likeness (QED) is 0.778. The predicted octanol–water partition coefficient (Wildman–Crippen LogP) is 3.88. The number of carbonyl (C=O) groups excluding carboxylic acids is 1.